The van der Waals surface area contributed by atoms with Crippen molar-refractivity contribution in [2.75, 3.05) is 11.5 Å². The molecule has 1 aromatic heterocycles. The summed E-state index contributed by atoms with van der Waals surface area (Å²) in [5, 5.41) is 8.04. The molecule has 16 heavy (non-hydrogen) atoms. The van der Waals surface area contributed by atoms with E-state index in [2.05, 4.69) is 10.2 Å². The average Bonchev–Trinajstić information content (AvgIpc) is 2.68. The fourth-order valence-corrected chi connectivity index (χ4v) is 4.68. The van der Waals surface area contributed by atoms with Crippen molar-refractivity contribution in [3.05, 3.63) is 11.1 Å². The topological polar surface area (TPSA) is 64.8 Å². The predicted octanol–water partition coefficient (Wildman–Crippen LogP) is 1.03. The van der Waals surface area contributed by atoms with Crippen molar-refractivity contribution < 1.29 is 8.42 Å². The van der Waals surface area contributed by atoms with Crippen molar-refractivity contribution in [2.24, 2.45) is 0 Å². The predicted molar refractivity (Wildman–Crippen MR) is 61.3 cm³/mol. The van der Waals surface area contributed by atoms with Crippen LogP contribution in [0.2, 0.25) is 5.28 Å². The van der Waals surface area contributed by atoms with Gasteiger partial charge in [-0.25, -0.2) is 8.42 Å². The molecule has 0 radical (unpaired) electrons. The highest BCUT2D eigenvalue weighted by Crippen LogP contribution is 2.33. The molecule has 0 N–H and O–H groups in total. The number of aryl methyl sites for hydroxylation is 1. The first-order valence-electron chi connectivity index (χ1n) is 5.19. The maximum atomic E-state index is 11.6. The second-order valence-corrected chi connectivity index (χ2v) is 6.94. The van der Waals surface area contributed by atoms with Crippen molar-refractivity contribution in [1.82, 2.24) is 14.8 Å². The molecule has 5 nitrogen and oxygen atoms in total. The molecule has 0 aliphatic carbocycles. The van der Waals surface area contributed by atoms with E-state index < -0.39 is 15.4 Å². The lowest BCUT2D eigenvalue weighted by atomic mass is 10.0. The van der Waals surface area contributed by atoms with Crippen LogP contribution in [-0.4, -0.2) is 34.7 Å². The lowest BCUT2D eigenvalue weighted by Crippen LogP contribution is -2.33. The second-order valence-electron chi connectivity index (χ2n) is 4.41. The molecule has 1 aliphatic rings. The number of nitrogens with zero attached hydrogens (tertiary/aromatic N) is 3. The monoisotopic (exact) mass is 263 g/mol. The van der Waals surface area contributed by atoms with Gasteiger partial charge in [0.15, 0.2) is 9.84 Å². The van der Waals surface area contributed by atoms with Crippen molar-refractivity contribution in [2.45, 2.75) is 32.2 Å². The molecule has 1 fully saturated rings. The Hall–Kier alpha value is -0.620. The molecule has 1 atom stereocenters. The normalized spacial score (nSPS) is 28.4. The van der Waals surface area contributed by atoms with E-state index in [1.54, 1.807) is 4.57 Å². The molecule has 2 heterocycles. The summed E-state index contributed by atoms with van der Waals surface area (Å²) in [5.74, 6) is 1.07. The van der Waals surface area contributed by atoms with Gasteiger partial charge in [0.05, 0.1) is 17.0 Å². The summed E-state index contributed by atoms with van der Waals surface area (Å²) in [6.45, 7) is 3.84. The van der Waals surface area contributed by atoms with Crippen LogP contribution < -0.4 is 0 Å². The number of halogens is 1. The lowest BCUT2D eigenvalue weighted by Gasteiger charge is -2.26. The van der Waals surface area contributed by atoms with E-state index in [4.69, 9.17) is 11.6 Å². The van der Waals surface area contributed by atoms with E-state index >= 15 is 0 Å². The molecule has 0 amide bonds. The van der Waals surface area contributed by atoms with E-state index in [-0.39, 0.29) is 16.8 Å². The maximum absolute atomic E-state index is 11.6. The van der Waals surface area contributed by atoms with E-state index in [0.29, 0.717) is 12.8 Å². The van der Waals surface area contributed by atoms with Gasteiger partial charge in [-0.1, -0.05) is 6.92 Å². The minimum Gasteiger partial charge on any atom is -0.295 e. The second kappa shape index (κ2) is 3.70. The van der Waals surface area contributed by atoms with Crippen LogP contribution in [0.25, 0.3) is 0 Å². The summed E-state index contributed by atoms with van der Waals surface area (Å²) in [5.41, 5.74) is -0.495. The highest BCUT2D eigenvalue weighted by Gasteiger charge is 2.42. The van der Waals surface area contributed by atoms with Crippen LogP contribution in [0.15, 0.2) is 0 Å². The Labute approximate surface area is 99.7 Å². The van der Waals surface area contributed by atoms with Gasteiger partial charge in [0.2, 0.25) is 5.28 Å². The third-order valence-corrected chi connectivity index (χ3v) is 5.16. The first-order valence-corrected chi connectivity index (χ1v) is 7.38. The Morgan fingerprint density at radius 1 is 1.50 bits per heavy atom. The van der Waals surface area contributed by atoms with E-state index in [9.17, 15) is 8.42 Å². The fourth-order valence-electron chi connectivity index (χ4n) is 2.23. The van der Waals surface area contributed by atoms with Crippen LogP contribution in [0.1, 0.15) is 26.1 Å². The Balaban J connectivity index is 2.48. The Kier molecular flexibility index (Phi) is 2.74. The van der Waals surface area contributed by atoms with Gasteiger partial charge in [-0.05, 0) is 24.9 Å². The number of hydrogen-bond donors (Lipinski definition) is 0. The summed E-state index contributed by atoms with van der Waals surface area (Å²) >= 11 is 5.98. The number of aromatic nitrogens is 3. The van der Waals surface area contributed by atoms with Gasteiger partial charge in [0.25, 0.3) is 0 Å². The Morgan fingerprint density at radius 3 is 2.69 bits per heavy atom. The molecule has 0 aromatic carbocycles. The zero-order chi connectivity index (χ0) is 12.0. The summed E-state index contributed by atoms with van der Waals surface area (Å²) < 4.78 is 24.9. The maximum Gasteiger partial charge on any atom is 0.225 e. The quantitative estimate of drug-likeness (QED) is 0.799. The Bertz CT molecular complexity index is 511. The van der Waals surface area contributed by atoms with Crippen LogP contribution >= 0.6 is 11.6 Å². The molecular weight excluding hydrogens is 250 g/mol. The van der Waals surface area contributed by atoms with Gasteiger partial charge in [0, 0.05) is 6.42 Å². The molecule has 2 rings (SSSR count). The molecule has 0 saturated carbocycles. The van der Waals surface area contributed by atoms with Crippen LogP contribution in [0.3, 0.4) is 0 Å². The third kappa shape index (κ3) is 1.84. The Morgan fingerprint density at radius 2 is 2.19 bits per heavy atom. The SMILES string of the molecule is CCc1nnc(Cl)n1C1(C)CCS(=O)(=O)C1. The van der Waals surface area contributed by atoms with Crippen molar-refractivity contribution in [3.8, 4) is 0 Å². The zero-order valence-corrected chi connectivity index (χ0v) is 10.8. The minimum atomic E-state index is -2.96. The standard InChI is InChI=1S/C9H14ClN3O2S/c1-3-7-11-12-8(10)13(7)9(2)4-5-16(14,15)6-9/h3-6H2,1-2H3. The van der Waals surface area contributed by atoms with Gasteiger partial charge >= 0.3 is 0 Å². The molecule has 90 valence electrons. The number of hydrogen-bond acceptors (Lipinski definition) is 4. The molecule has 7 heteroatoms. The van der Waals surface area contributed by atoms with Gasteiger partial charge in [-0.2, -0.15) is 0 Å². The highest BCUT2D eigenvalue weighted by atomic mass is 35.5. The summed E-state index contributed by atoms with van der Waals surface area (Å²) in [6.07, 6.45) is 1.26. The lowest BCUT2D eigenvalue weighted by molar-refractivity contribution is 0.354. The summed E-state index contributed by atoms with van der Waals surface area (Å²) in [7, 11) is -2.96. The molecular formula is C9H14ClN3O2S. The largest absolute Gasteiger partial charge is 0.295 e. The summed E-state index contributed by atoms with van der Waals surface area (Å²) in [4.78, 5) is 0. The average molecular weight is 264 g/mol. The molecule has 0 bridgehead atoms. The minimum absolute atomic E-state index is 0.116. The van der Waals surface area contributed by atoms with Crippen molar-refractivity contribution in [3.63, 3.8) is 0 Å². The smallest absolute Gasteiger partial charge is 0.225 e. The van der Waals surface area contributed by atoms with Gasteiger partial charge in [-0.3, -0.25) is 4.57 Å². The number of sulfone groups is 1. The third-order valence-electron chi connectivity index (χ3n) is 3.03. The van der Waals surface area contributed by atoms with E-state index in [0.717, 1.165) is 5.82 Å². The van der Waals surface area contributed by atoms with Crippen LogP contribution in [-0.2, 0) is 21.8 Å². The van der Waals surface area contributed by atoms with E-state index in [1.165, 1.54) is 0 Å². The van der Waals surface area contributed by atoms with Crippen molar-refractivity contribution >= 4 is 21.4 Å². The summed E-state index contributed by atoms with van der Waals surface area (Å²) in [6, 6.07) is 0. The van der Waals surface area contributed by atoms with Crippen LogP contribution in [0, 0.1) is 0 Å². The van der Waals surface area contributed by atoms with Crippen molar-refractivity contribution in [1.29, 1.82) is 0 Å². The fraction of sp³-hybridized carbons (Fsp3) is 0.778. The van der Waals surface area contributed by atoms with Gasteiger partial charge in [0.1, 0.15) is 5.82 Å². The van der Waals surface area contributed by atoms with Gasteiger partial charge in [-0.15, -0.1) is 10.2 Å². The van der Waals surface area contributed by atoms with Crippen LogP contribution in [0.4, 0.5) is 0 Å². The molecule has 0 spiro atoms. The first kappa shape index (κ1) is 11.9. The van der Waals surface area contributed by atoms with Crippen LogP contribution in [0.5, 0.6) is 0 Å². The molecule has 1 saturated heterocycles. The van der Waals surface area contributed by atoms with Gasteiger partial charge < -0.3 is 0 Å². The highest BCUT2D eigenvalue weighted by molar-refractivity contribution is 7.91. The van der Waals surface area contributed by atoms with E-state index in [1.807, 2.05) is 13.8 Å². The zero-order valence-electron chi connectivity index (χ0n) is 9.27. The molecule has 1 unspecified atom stereocenters. The number of rotatable bonds is 2. The first-order chi connectivity index (χ1) is 7.38. The molecule has 1 aromatic rings. The molecule has 1 aliphatic heterocycles.